The molecule has 0 spiro atoms. The molecule has 1 atom stereocenters. The maximum Gasteiger partial charge on any atom is 0.252 e. The van der Waals surface area contributed by atoms with Gasteiger partial charge in [-0.05, 0) is 50.8 Å². The molecule has 2 aliphatic carbocycles. The lowest BCUT2D eigenvalue weighted by Crippen LogP contribution is -2.47. The van der Waals surface area contributed by atoms with Crippen LogP contribution in [0.1, 0.15) is 47.9 Å². The Morgan fingerprint density at radius 2 is 2.04 bits per heavy atom. The molecular weight excluding hydrogens is 328 g/mol. The van der Waals surface area contributed by atoms with E-state index in [2.05, 4.69) is 32.4 Å². The summed E-state index contributed by atoms with van der Waals surface area (Å²) in [7, 11) is 2.16. The highest BCUT2D eigenvalue weighted by atomic mass is 16.1. The molecule has 3 fully saturated rings. The van der Waals surface area contributed by atoms with E-state index in [0.717, 1.165) is 49.9 Å². The number of nitrogens with one attached hydrogen (secondary N) is 1. The Labute approximate surface area is 153 Å². The van der Waals surface area contributed by atoms with Gasteiger partial charge in [0.05, 0.1) is 11.6 Å². The van der Waals surface area contributed by atoms with Gasteiger partial charge in [0.1, 0.15) is 0 Å². The minimum Gasteiger partial charge on any atom is -0.349 e. The van der Waals surface area contributed by atoms with Crippen LogP contribution in [0.5, 0.6) is 0 Å². The number of fused-ring (bicyclic) bond motifs is 1. The fourth-order valence-corrected chi connectivity index (χ4v) is 3.81. The van der Waals surface area contributed by atoms with Crippen LogP contribution in [0.25, 0.3) is 5.65 Å². The molecule has 26 heavy (non-hydrogen) atoms. The van der Waals surface area contributed by atoms with Gasteiger partial charge < -0.3 is 5.32 Å². The molecule has 5 rings (SSSR count). The van der Waals surface area contributed by atoms with Gasteiger partial charge in [-0.15, -0.1) is 10.2 Å². The number of carbonyl (C=O) groups excluding carboxylic acids is 1. The van der Waals surface area contributed by atoms with E-state index in [0.29, 0.717) is 11.6 Å². The van der Waals surface area contributed by atoms with Crippen molar-refractivity contribution in [2.45, 2.75) is 37.8 Å². The predicted octanol–water partition coefficient (Wildman–Crippen LogP) is 1.32. The summed E-state index contributed by atoms with van der Waals surface area (Å²) in [5, 5.41) is 11.9. The normalized spacial score (nSPS) is 24.9. The Bertz CT molecular complexity index is 825. The summed E-state index contributed by atoms with van der Waals surface area (Å²) < 4.78 is 2.00. The van der Waals surface area contributed by atoms with Crippen molar-refractivity contribution in [2.75, 3.05) is 33.2 Å². The lowest BCUT2D eigenvalue weighted by atomic mass is 10.1. The lowest BCUT2D eigenvalue weighted by Gasteiger charge is -2.38. The molecular formula is C19H26N6O. The number of piperazine rings is 1. The number of rotatable bonds is 5. The topological polar surface area (TPSA) is 65.8 Å². The monoisotopic (exact) mass is 354 g/mol. The number of pyridine rings is 1. The Morgan fingerprint density at radius 3 is 2.81 bits per heavy atom. The highest BCUT2D eigenvalue weighted by Crippen LogP contribution is 2.32. The molecule has 1 amide bonds. The molecule has 2 aromatic rings. The third kappa shape index (κ3) is 3.21. The van der Waals surface area contributed by atoms with Crippen LogP contribution in [0.3, 0.4) is 0 Å². The molecule has 1 unspecified atom stereocenters. The van der Waals surface area contributed by atoms with Crippen LogP contribution >= 0.6 is 0 Å². The summed E-state index contributed by atoms with van der Waals surface area (Å²) in [6.45, 7) is 4.34. The zero-order chi connectivity index (χ0) is 17.7. The first-order chi connectivity index (χ1) is 12.7. The van der Waals surface area contributed by atoms with Gasteiger partial charge in [0.2, 0.25) is 0 Å². The SMILES string of the molecule is CN1CCN(CC2CC2)CC1c1nnc2ccc(C(=O)NC3CC3)cn12. The van der Waals surface area contributed by atoms with Crippen LogP contribution in [0.4, 0.5) is 0 Å². The zero-order valence-corrected chi connectivity index (χ0v) is 15.3. The highest BCUT2D eigenvalue weighted by Gasteiger charge is 2.32. The molecule has 3 heterocycles. The standard InChI is InChI=1S/C19H26N6O/c1-23-8-9-24(10-13-2-3-13)12-16(23)18-22-21-17-7-4-14(11-25(17)18)19(26)20-15-5-6-15/h4,7,11,13,15-16H,2-3,5-6,8-10,12H2,1H3,(H,20,26). The van der Waals surface area contributed by atoms with Crippen LogP contribution in [-0.2, 0) is 0 Å². The molecule has 1 aliphatic heterocycles. The summed E-state index contributed by atoms with van der Waals surface area (Å²) >= 11 is 0. The van der Waals surface area contributed by atoms with E-state index in [9.17, 15) is 4.79 Å². The number of hydrogen-bond donors (Lipinski definition) is 1. The summed E-state index contributed by atoms with van der Waals surface area (Å²) in [6.07, 6.45) is 6.84. The summed E-state index contributed by atoms with van der Waals surface area (Å²) in [6, 6.07) is 4.30. The lowest BCUT2D eigenvalue weighted by molar-refractivity contribution is 0.0869. The molecule has 2 saturated carbocycles. The number of nitrogens with zero attached hydrogens (tertiary/aromatic N) is 5. The van der Waals surface area contributed by atoms with E-state index >= 15 is 0 Å². The smallest absolute Gasteiger partial charge is 0.252 e. The van der Waals surface area contributed by atoms with Crippen LogP contribution in [0, 0.1) is 5.92 Å². The van der Waals surface area contributed by atoms with Gasteiger partial charge in [0.15, 0.2) is 11.5 Å². The summed E-state index contributed by atoms with van der Waals surface area (Å²) in [5.41, 5.74) is 1.48. The second-order valence-electron chi connectivity index (χ2n) is 8.15. The molecule has 138 valence electrons. The number of likely N-dealkylation sites (N-methyl/N-ethyl adjacent to an activating group) is 1. The van der Waals surface area contributed by atoms with E-state index in [1.54, 1.807) is 0 Å². The minimum absolute atomic E-state index is 0.00130. The first kappa shape index (κ1) is 16.2. The minimum atomic E-state index is 0.00130. The van der Waals surface area contributed by atoms with Crippen molar-refractivity contribution in [2.24, 2.45) is 5.92 Å². The Hall–Kier alpha value is -1.99. The van der Waals surface area contributed by atoms with Crippen molar-refractivity contribution in [1.29, 1.82) is 0 Å². The van der Waals surface area contributed by atoms with Crippen molar-refractivity contribution in [3.05, 3.63) is 29.7 Å². The van der Waals surface area contributed by atoms with Gasteiger partial charge in [-0.2, -0.15) is 0 Å². The Morgan fingerprint density at radius 1 is 1.19 bits per heavy atom. The van der Waals surface area contributed by atoms with Gasteiger partial charge in [0, 0.05) is 38.4 Å². The molecule has 1 saturated heterocycles. The quantitative estimate of drug-likeness (QED) is 0.877. The van der Waals surface area contributed by atoms with E-state index < -0.39 is 0 Å². The molecule has 0 bridgehead atoms. The van der Waals surface area contributed by atoms with Gasteiger partial charge in [0.25, 0.3) is 5.91 Å². The maximum absolute atomic E-state index is 12.4. The predicted molar refractivity (Wildman–Crippen MR) is 98.0 cm³/mol. The van der Waals surface area contributed by atoms with Gasteiger partial charge in [-0.25, -0.2) is 0 Å². The average Bonchev–Trinajstić information content (AvgIpc) is 3.57. The summed E-state index contributed by atoms with van der Waals surface area (Å²) in [4.78, 5) is 17.3. The second-order valence-corrected chi connectivity index (χ2v) is 8.15. The third-order valence-electron chi connectivity index (χ3n) is 5.85. The summed E-state index contributed by atoms with van der Waals surface area (Å²) in [5.74, 6) is 1.83. The maximum atomic E-state index is 12.4. The third-order valence-corrected chi connectivity index (χ3v) is 5.85. The van der Waals surface area contributed by atoms with Crippen LogP contribution in [-0.4, -0.2) is 69.6 Å². The van der Waals surface area contributed by atoms with Crippen molar-refractivity contribution in [3.8, 4) is 0 Å². The molecule has 7 nitrogen and oxygen atoms in total. The van der Waals surface area contributed by atoms with Crippen molar-refractivity contribution in [3.63, 3.8) is 0 Å². The first-order valence-electron chi connectivity index (χ1n) is 9.75. The largest absolute Gasteiger partial charge is 0.349 e. The van der Waals surface area contributed by atoms with Crippen molar-refractivity contribution < 1.29 is 4.79 Å². The zero-order valence-electron chi connectivity index (χ0n) is 15.3. The molecule has 1 N–H and O–H groups in total. The molecule has 0 aromatic carbocycles. The Kier molecular flexibility index (Phi) is 3.94. The van der Waals surface area contributed by atoms with Crippen LogP contribution < -0.4 is 5.32 Å². The van der Waals surface area contributed by atoms with E-state index in [4.69, 9.17) is 0 Å². The van der Waals surface area contributed by atoms with Gasteiger partial charge >= 0.3 is 0 Å². The van der Waals surface area contributed by atoms with Crippen LogP contribution in [0.2, 0.25) is 0 Å². The number of carbonyl (C=O) groups is 1. The van der Waals surface area contributed by atoms with E-state index in [-0.39, 0.29) is 11.9 Å². The van der Waals surface area contributed by atoms with Crippen molar-refractivity contribution in [1.82, 2.24) is 29.7 Å². The number of amides is 1. The molecule has 7 heteroatoms. The fourth-order valence-electron chi connectivity index (χ4n) is 3.81. The molecule has 3 aliphatic rings. The second kappa shape index (κ2) is 6.32. The average molecular weight is 354 g/mol. The molecule has 2 aromatic heterocycles. The molecule has 0 radical (unpaired) electrons. The van der Waals surface area contributed by atoms with Gasteiger partial charge in [-0.1, -0.05) is 0 Å². The fraction of sp³-hybridized carbons (Fsp3) is 0.632. The van der Waals surface area contributed by atoms with E-state index in [1.165, 1.54) is 19.4 Å². The van der Waals surface area contributed by atoms with Crippen molar-refractivity contribution >= 4 is 11.6 Å². The van der Waals surface area contributed by atoms with E-state index in [1.807, 2.05) is 22.7 Å². The Balaban J connectivity index is 1.41. The highest BCUT2D eigenvalue weighted by molar-refractivity contribution is 5.94. The number of aromatic nitrogens is 3. The number of hydrogen-bond acceptors (Lipinski definition) is 5. The van der Waals surface area contributed by atoms with Gasteiger partial charge in [-0.3, -0.25) is 19.0 Å². The first-order valence-corrected chi connectivity index (χ1v) is 9.75. The van der Waals surface area contributed by atoms with Crippen LogP contribution in [0.15, 0.2) is 18.3 Å².